The van der Waals surface area contributed by atoms with Crippen molar-refractivity contribution in [3.8, 4) is 0 Å². The molecule has 1 saturated heterocycles. The van der Waals surface area contributed by atoms with Crippen LogP contribution in [0.3, 0.4) is 0 Å². The molecule has 0 aromatic carbocycles. The summed E-state index contributed by atoms with van der Waals surface area (Å²) < 4.78 is 25.5. The first-order valence-electron chi connectivity index (χ1n) is 6.39. The molecule has 1 aliphatic rings. The summed E-state index contributed by atoms with van der Waals surface area (Å²) >= 11 is 0. The van der Waals surface area contributed by atoms with Gasteiger partial charge in [0.25, 0.3) is 0 Å². The molecule has 1 fully saturated rings. The number of carbonyl (C=O) groups is 1. The van der Waals surface area contributed by atoms with Gasteiger partial charge in [0.1, 0.15) is 0 Å². The zero-order valence-electron chi connectivity index (χ0n) is 11.3. The lowest BCUT2D eigenvalue weighted by Crippen LogP contribution is -2.50. The molecular weight excluding hydrogens is 254 g/mol. The second-order valence-electron chi connectivity index (χ2n) is 4.89. The number of carbonyl (C=O) groups excluding carboxylic acids is 1. The van der Waals surface area contributed by atoms with Gasteiger partial charge in [0.05, 0.1) is 5.75 Å². The van der Waals surface area contributed by atoms with Crippen LogP contribution in [0.5, 0.6) is 0 Å². The van der Waals surface area contributed by atoms with Gasteiger partial charge < -0.3 is 10.2 Å². The van der Waals surface area contributed by atoms with Gasteiger partial charge in [-0.25, -0.2) is 17.9 Å². The first-order chi connectivity index (χ1) is 8.34. The number of nitrogens with one attached hydrogen (secondary N) is 2. The molecule has 6 nitrogen and oxygen atoms in total. The smallest absolute Gasteiger partial charge is 0.317 e. The highest BCUT2D eigenvalue weighted by molar-refractivity contribution is 7.89. The molecule has 7 heteroatoms. The van der Waals surface area contributed by atoms with Gasteiger partial charge in [0, 0.05) is 25.2 Å². The fourth-order valence-electron chi connectivity index (χ4n) is 1.88. The molecule has 0 spiro atoms. The average Bonchev–Trinajstić information content (AvgIpc) is 2.28. The maximum absolute atomic E-state index is 11.7. The molecule has 0 aromatic rings. The Morgan fingerprint density at radius 3 is 2.33 bits per heavy atom. The molecule has 1 heterocycles. The summed E-state index contributed by atoms with van der Waals surface area (Å²) in [6.07, 6.45) is 1.34. The van der Waals surface area contributed by atoms with Crippen molar-refractivity contribution in [2.75, 3.05) is 18.8 Å². The number of likely N-dealkylation sites (tertiary alicyclic amines) is 1. The van der Waals surface area contributed by atoms with E-state index in [4.69, 9.17) is 0 Å². The highest BCUT2D eigenvalue weighted by Gasteiger charge is 2.25. The van der Waals surface area contributed by atoms with Crippen LogP contribution in [0.1, 0.15) is 33.6 Å². The molecule has 0 saturated carbocycles. The van der Waals surface area contributed by atoms with Crippen LogP contribution in [-0.2, 0) is 10.0 Å². The maximum atomic E-state index is 11.7. The highest BCUT2D eigenvalue weighted by atomic mass is 32.2. The van der Waals surface area contributed by atoms with Crippen LogP contribution in [0, 0.1) is 0 Å². The normalized spacial score (nSPS) is 18.1. The molecule has 2 amide bonds. The number of amides is 2. The van der Waals surface area contributed by atoms with E-state index in [1.54, 1.807) is 11.8 Å². The molecule has 0 bridgehead atoms. The minimum atomic E-state index is -3.14. The summed E-state index contributed by atoms with van der Waals surface area (Å²) in [6, 6.07) is 0.00802. The predicted molar refractivity (Wildman–Crippen MR) is 70.9 cm³/mol. The Hall–Kier alpha value is -0.820. The van der Waals surface area contributed by atoms with Gasteiger partial charge >= 0.3 is 6.03 Å². The number of piperidine rings is 1. The van der Waals surface area contributed by atoms with E-state index in [9.17, 15) is 13.2 Å². The van der Waals surface area contributed by atoms with Crippen LogP contribution >= 0.6 is 0 Å². The summed E-state index contributed by atoms with van der Waals surface area (Å²) in [5, 5.41) is 2.84. The van der Waals surface area contributed by atoms with Crippen molar-refractivity contribution < 1.29 is 13.2 Å². The lowest BCUT2D eigenvalue weighted by atomic mass is 10.1. The number of urea groups is 1. The van der Waals surface area contributed by atoms with E-state index in [-0.39, 0.29) is 23.9 Å². The first-order valence-corrected chi connectivity index (χ1v) is 8.04. The SMILES string of the molecule is CCS(=O)(=O)NC1CCN(C(=O)NC(C)C)CC1. The lowest BCUT2D eigenvalue weighted by Gasteiger charge is -2.32. The Morgan fingerprint density at radius 1 is 1.33 bits per heavy atom. The second-order valence-corrected chi connectivity index (χ2v) is 6.93. The molecule has 0 aromatic heterocycles. The minimum Gasteiger partial charge on any atom is -0.336 e. The third-order valence-corrected chi connectivity index (χ3v) is 4.37. The maximum Gasteiger partial charge on any atom is 0.317 e. The Kier molecular flexibility index (Phi) is 5.40. The number of sulfonamides is 1. The fourth-order valence-corrected chi connectivity index (χ4v) is 2.79. The molecule has 0 unspecified atom stereocenters. The third-order valence-electron chi connectivity index (χ3n) is 2.92. The Morgan fingerprint density at radius 2 is 1.89 bits per heavy atom. The summed E-state index contributed by atoms with van der Waals surface area (Å²) in [6.45, 7) is 6.64. The van der Waals surface area contributed by atoms with Crippen LogP contribution < -0.4 is 10.0 Å². The van der Waals surface area contributed by atoms with E-state index in [1.165, 1.54) is 0 Å². The largest absolute Gasteiger partial charge is 0.336 e. The van der Waals surface area contributed by atoms with Gasteiger partial charge in [-0.3, -0.25) is 0 Å². The lowest BCUT2D eigenvalue weighted by molar-refractivity contribution is 0.177. The molecule has 1 aliphatic heterocycles. The van der Waals surface area contributed by atoms with E-state index in [0.29, 0.717) is 25.9 Å². The number of hydrogen-bond acceptors (Lipinski definition) is 3. The molecular formula is C11H23N3O3S. The van der Waals surface area contributed by atoms with Crippen molar-refractivity contribution >= 4 is 16.1 Å². The second kappa shape index (κ2) is 6.38. The van der Waals surface area contributed by atoms with Gasteiger partial charge in [-0.05, 0) is 33.6 Å². The molecule has 106 valence electrons. The molecule has 2 N–H and O–H groups in total. The highest BCUT2D eigenvalue weighted by Crippen LogP contribution is 2.11. The molecule has 0 radical (unpaired) electrons. The van der Waals surface area contributed by atoms with E-state index >= 15 is 0 Å². The Balaban J connectivity index is 2.39. The summed E-state index contributed by atoms with van der Waals surface area (Å²) in [5.41, 5.74) is 0. The van der Waals surface area contributed by atoms with Crippen molar-refractivity contribution in [2.24, 2.45) is 0 Å². The zero-order valence-corrected chi connectivity index (χ0v) is 12.1. The van der Waals surface area contributed by atoms with E-state index in [2.05, 4.69) is 10.0 Å². The van der Waals surface area contributed by atoms with Crippen molar-refractivity contribution in [3.05, 3.63) is 0 Å². The predicted octanol–water partition coefficient (Wildman–Crippen LogP) is 0.508. The summed E-state index contributed by atoms with van der Waals surface area (Å²) in [4.78, 5) is 13.5. The van der Waals surface area contributed by atoms with Crippen molar-refractivity contribution in [1.29, 1.82) is 0 Å². The molecule has 18 heavy (non-hydrogen) atoms. The Bertz CT molecular complexity index is 373. The molecule has 0 aliphatic carbocycles. The van der Waals surface area contributed by atoms with Crippen LogP contribution in [-0.4, -0.2) is 50.3 Å². The van der Waals surface area contributed by atoms with E-state index in [1.807, 2.05) is 13.8 Å². The van der Waals surface area contributed by atoms with Gasteiger partial charge in [-0.15, -0.1) is 0 Å². The van der Waals surface area contributed by atoms with Crippen molar-refractivity contribution in [1.82, 2.24) is 14.9 Å². The van der Waals surface area contributed by atoms with Crippen LogP contribution in [0.25, 0.3) is 0 Å². The molecule has 1 rings (SSSR count). The average molecular weight is 277 g/mol. The molecule has 0 atom stereocenters. The van der Waals surface area contributed by atoms with Gasteiger partial charge in [0.2, 0.25) is 10.0 Å². The summed E-state index contributed by atoms with van der Waals surface area (Å²) in [5.74, 6) is 0.0983. The third kappa shape index (κ3) is 4.81. The van der Waals surface area contributed by atoms with Gasteiger partial charge in [-0.2, -0.15) is 0 Å². The Labute approximate surface area is 109 Å². The van der Waals surface area contributed by atoms with E-state index in [0.717, 1.165) is 0 Å². The summed E-state index contributed by atoms with van der Waals surface area (Å²) in [7, 11) is -3.14. The van der Waals surface area contributed by atoms with Crippen LogP contribution in [0.15, 0.2) is 0 Å². The van der Waals surface area contributed by atoms with Crippen LogP contribution in [0.2, 0.25) is 0 Å². The van der Waals surface area contributed by atoms with Crippen molar-refractivity contribution in [3.63, 3.8) is 0 Å². The standard InChI is InChI=1S/C11H23N3O3S/c1-4-18(16,17)13-10-5-7-14(8-6-10)11(15)12-9(2)3/h9-10,13H,4-8H2,1-3H3,(H,12,15). The first kappa shape index (κ1) is 15.2. The number of nitrogens with zero attached hydrogens (tertiary/aromatic N) is 1. The number of rotatable bonds is 4. The zero-order chi connectivity index (χ0) is 13.8. The van der Waals surface area contributed by atoms with Crippen molar-refractivity contribution in [2.45, 2.75) is 45.7 Å². The topological polar surface area (TPSA) is 78.5 Å². The fraction of sp³-hybridized carbons (Fsp3) is 0.909. The minimum absolute atomic E-state index is 0.0435. The number of hydrogen-bond donors (Lipinski definition) is 2. The van der Waals surface area contributed by atoms with Gasteiger partial charge in [-0.1, -0.05) is 0 Å². The van der Waals surface area contributed by atoms with E-state index < -0.39 is 10.0 Å². The monoisotopic (exact) mass is 277 g/mol. The quantitative estimate of drug-likeness (QED) is 0.786. The van der Waals surface area contributed by atoms with Crippen LogP contribution in [0.4, 0.5) is 4.79 Å². The van der Waals surface area contributed by atoms with Gasteiger partial charge in [0.15, 0.2) is 0 Å².